The van der Waals surface area contributed by atoms with Crippen LogP contribution in [0, 0.1) is 0 Å². The van der Waals surface area contributed by atoms with Crippen molar-refractivity contribution >= 4 is 8.24 Å². The van der Waals surface area contributed by atoms with Gasteiger partial charge in [0.15, 0.2) is 0 Å². The molecule has 15 heavy (non-hydrogen) atoms. The summed E-state index contributed by atoms with van der Waals surface area (Å²) in [7, 11) is -1.24. The highest BCUT2D eigenvalue weighted by Gasteiger charge is 2.12. The van der Waals surface area contributed by atoms with Gasteiger partial charge in [-0.2, -0.15) is 0 Å². The van der Waals surface area contributed by atoms with E-state index in [-0.39, 0.29) is 0 Å². The highest BCUT2D eigenvalue weighted by molar-refractivity contribution is 6.74. The molecule has 0 aromatic rings. The first kappa shape index (κ1) is 15.2. The predicted octanol–water partition coefficient (Wildman–Crippen LogP) is 4.68. The maximum absolute atomic E-state index is 6.07. The van der Waals surface area contributed by atoms with E-state index in [1.165, 1.54) is 63.8 Å². The zero-order chi connectivity index (χ0) is 11.6. The van der Waals surface area contributed by atoms with Crippen LogP contribution in [0.3, 0.4) is 0 Å². The van der Waals surface area contributed by atoms with Crippen LogP contribution in [-0.2, 0) is 0 Å². The van der Waals surface area contributed by atoms with Crippen molar-refractivity contribution in [2.75, 3.05) is 0 Å². The standard InChI is InChI=1S/C13H31NSi/c1-4-5-6-7-8-9-10-11-12-13-15(2,3)14/h4-14H2,1-3H3. The van der Waals surface area contributed by atoms with Crippen molar-refractivity contribution in [2.24, 2.45) is 5.40 Å². The molecular weight excluding hydrogens is 198 g/mol. The smallest absolute Gasteiger partial charge is 0.116 e. The number of hydrogen-bond donors (Lipinski definition) is 1. The first-order chi connectivity index (χ1) is 7.06. The average Bonchev–Trinajstić information content (AvgIpc) is 2.14. The third-order valence-electron chi connectivity index (χ3n) is 2.92. The molecule has 0 radical (unpaired) electrons. The van der Waals surface area contributed by atoms with Gasteiger partial charge in [-0.25, -0.2) is 0 Å². The Bertz CT molecular complexity index is 129. The normalized spacial score (nSPS) is 12.0. The van der Waals surface area contributed by atoms with Crippen LogP contribution in [0.15, 0.2) is 0 Å². The Hall–Kier alpha value is 0.177. The van der Waals surface area contributed by atoms with Gasteiger partial charge in [-0.1, -0.05) is 77.8 Å². The first-order valence-corrected chi connectivity index (χ1v) is 10.1. The molecule has 0 aliphatic heterocycles. The fourth-order valence-corrected chi connectivity index (χ4v) is 3.05. The third-order valence-corrected chi connectivity index (χ3v) is 4.57. The summed E-state index contributed by atoms with van der Waals surface area (Å²) >= 11 is 0. The Kier molecular flexibility index (Phi) is 9.52. The lowest BCUT2D eigenvalue weighted by atomic mass is 10.1. The van der Waals surface area contributed by atoms with Crippen LogP contribution in [-0.4, -0.2) is 8.24 Å². The molecule has 0 fully saturated rings. The number of unbranched alkanes of at least 4 members (excludes halogenated alkanes) is 8. The third kappa shape index (κ3) is 14.2. The molecule has 0 unspecified atom stereocenters. The van der Waals surface area contributed by atoms with Crippen molar-refractivity contribution in [3.8, 4) is 0 Å². The van der Waals surface area contributed by atoms with Gasteiger partial charge in [0.25, 0.3) is 0 Å². The summed E-state index contributed by atoms with van der Waals surface area (Å²) < 4.78 is 0. The van der Waals surface area contributed by atoms with Gasteiger partial charge in [-0.05, 0) is 6.04 Å². The van der Waals surface area contributed by atoms with Crippen LogP contribution in [0.2, 0.25) is 19.1 Å². The van der Waals surface area contributed by atoms with Crippen molar-refractivity contribution in [3.63, 3.8) is 0 Å². The molecule has 1 nitrogen and oxygen atoms in total. The maximum Gasteiger partial charge on any atom is 0.116 e. The lowest BCUT2D eigenvalue weighted by Crippen LogP contribution is -2.37. The molecule has 0 aliphatic rings. The second-order valence-corrected chi connectivity index (χ2v) is 10.0. The summed E-state index contributed by atoms with van der Waals surface area (Å²) in [5.41, 5.74) is 0. The SMILES string of the molecule is CCCCCCCCCCC[Si](C)(C)N. The Morgan fingerprint density at radius 2 is 1.13 bits per heavy atom. The monoisotopic (exact) mass is 229 g/mol. The Balaban J connectivity index is 2.99. The molecule has 0 bridgehead atoms. The van der Waals surface area contributed by atoms with Crippen LogP contribution in [0.5, 0.6) is 0 Å². The number of rotatable bonds is 10. The summed E-state index contributed by atoms with van der Waals surface area (Å²) in [6.45, 7) is 6.80. The Labute approximate surface area is 97.9 Å². The summed E-state index contributed by atoms with van der Waals surface area (Å²) in [4.78, 5) is 0. The molecule has 0 aromatic carbocycles. The van der Waals surface area contributed by atoms with Crippen LogP contribution in [0.1, 0.15) is 64.7 Å². The van der Waals surface area contributed by atoms with Gasteiger partial charge in [0.2, 0.25) is 0 Å². The van der Waals surface area contributed by atoms with Gasteiger partial charge in [-0.3, -0.25) is 0 Å². The zero-order valence-electron chi connectivity index (χ0n) is 11.1. The van der Waals surface area contributed by atoms with Gasteiger partial charge in [0.05, 0.1) is 0 Å². The molecule has 0 aromatic heterocycles. The molecule has 0 heterocycles. The van der Waals surface area contributed by atoms with Gasteiger partial charge >= 0.3 is 0 Å². The topological polar surface area (TPSA) is 26.0 Å². The van der Waals surface area contributed by atoms with E-state index in [1.807, 2.05) is 0 Å². The summed E-state index contributed by atoms with van der Waals surface area (Å²) in [5.74, 6) is 0. The molecule has 0 spiro atoms. The molecule has 0 aliphatic carbocycles. The molecular formula is C13H31NSi. The molecule has 0 amide bonds. The van der Waals surface area contributed by atoms with Gasteiger partial charge < -0.3 is 5.40 Å². The number of hydrogen-bond acceptors (Lipinski definition) is 1. The van der Waals surface area contributed by atoms with E-state index in [4.69, 9.17) is 5.40 Å². The molecule has 92 valence electrons. The Morgan fingerprint density at radius 1 is 0.733 bits per heavy atom. The summed E-state index contributed by atoms with van der Waals surface area (Å²) in [6.07, 6.45) is 12.8. The van der Waals surface area contributed by atoms with Crippen molar-refractivity contribution in [1.29, 1.82) is 0 Å². The molecule has 2 heteroatoms. The van der Waals surface area contributed by atoms with E-state index in [0.717, 1.165) is 0 Å². The Morgan fingerprint density at radius 3 is 1.53 bits per heavy atom. The van der Waals surface area contributed by atoms with Gasteiger partial charge in [0.1, 0.15) is 8.24 Å². The largest absolute Gasteiger partial charge is 0.351 e. The van der Waals surface area contributed by atoms with E-state index in [2.05, 4.69) is 20.0 Å². The molecule has 0 atom stereocenters. The van der Waals surface area contributed by atoms with Gasteiger partial charge in [-0.15, -0.1) is 0 Å². The first-order valence-electron chi connectivity index (χ1n) is 6.85. The molecule has 0 saturated carbocycles. The minimum absolute atomic E-state index is 1.24. The second kappa shape index (κ2) is 9.41. The second-order valence-electron chi connectivity index (χ2n) is 5.57. The van der Waals surface area contributed by atoms with Crippen LogP contribution < -0.4 is 5.40 Å². The lowest BCUT2D eigenvalue weighted by Gasteiger charge is -2.14. The van der Waals surface area contributed by atoms with Crippen molar-refractivity contribution in [3.05, 3.63) is 0 Å². The van der Waals surface area contributed by atoms with E-state index < -0.39 is 8.24 Å². The van der Waals surface area contributed by atoms with E-state index in [1.54, 1.807) is 0 Å². The van der Waals surface area contributed by atoms with Crippen LogP contribution in [0.25, 0.3) is 0 Å². The average molecular weight is 229 g/mol. The summed E-state index contributed by atoms with van der Waals surface area (Å²) in [5, 5.41) is 6.07. The van der Waals surface area contributed by atoms with E-state index >= 15 is 0 Å². The van der Waals surface area contributed by atoms with Crippen molar-refractivity contribution < 1.29 is 0 Å². The number of nitrogens with two attached hydrogens (primary N) is 1. The predicted molar refractivity (Wildman–Crippen MR) is 73.7 cm³/mol. The zero-order valence-corrected chi connectivity index (χ0v) is 12.1. The van der Waals surface area contributed by atoms with Crippen LogP contribution >= 0.6 is 0 Å². The fraction of sp³-hybridized carbons (Fsp3) is 1.00. The van der Waals surface area contributed by atoms with E-state index in [0.29, 0.717) is 0 Å². The molecule has 2 N–H and O–H groups in total. The van der Waals surface area contributed by atoms with Crippen molar-refractivity contribution in [2.45, 2.75) is 83.8 Å². The van der Waals surface area contributed by atoms with Gasteiger partial charge in [0, 0.05) is 0 Å². The lowest BCUT2D eigenvalue weighted by molar-refractivity contribution is 0.571. The highest BCUT2D eigenvalue weighted by Crippen LogP contribution is 2.13. The molecule has 0 rings (SSSR count). The molecule has 0 saturated heterocycles. The van der Waals surface area contributed by atoms with Crippen molar-refractivity contribution in [1.82, 2.24) is 0 Å². The minimum Gasteiger partial charge on any atom is -0.351 e. The van der Waals surface area contributed by atoms with E-state index in [9.17, 15) is 0 Å². The minimum atomic E-state index is -1.24. The van der Waals surface area contributed by atoms with Crippen LogP contribution in [0.4, 0.5) is 0 Å². The fourth-order valence-electron chi connectivity index (χ4n) is 1.89. The maximum atomic E-state index is 6.07. The summed E-state index contributed by atoms with van der Waals surface area (Å²) in [6, 6.07) is 1.31. The quantitative estimate of drug-likeness (QED) is 0.427. The highest BCUT2D eigenvalue weighted by atomic mass is 28.3.